The van der Waals surface area contributed by atoms with Crippen LogP contribution in [0.3, 0.4) is 0 Å². The summed E-state index contributed by atoms with van der Waals surface area (Å²) in [5.41, 5.74) is 0.646. The van der Waals surface area contributed by atoms with Gasteiger partial charge in [-0.1, -0.05) is 6.07 Å². The summed E-state index contributed by atoms with van der Waals surface area (Å²) in [5.74, 6) is 3.16. The topological polar surface area (TPSA) is 56.8 Å². The molecule has 1 amide bonds. The summed E-state index contributed by atoms with van der Waals surface area (Å²) in [6.45, 7) is 0.533. The lowest BCUT2D eigenvalue weighted by Gasteiger charge is -2.26. The van der Waals surface area contributed by atoms with Crippen molar-refractivity contribution >= 4 is 23.7 Å². The van der Waals surface area contributed by atoms with Crippen LogP contribution in [0.2, 0.25) is 0 Å². The maximum absolute atomic E-state index is 12.0. The van der Waals surface area contributed by atoms with Gasteiger partial charge >= 0.3 is 0 Å². The lowest BCUT2D eigenvalue weighted by atomic mass is 10.0. The number of hydrogen-bond acceptors (Lipinski definition) is 5. The molecular weight excluding hydrogens is 314 g/mol. The van der Waals surface area contributed by atoms with E-state index in [1.54, 1.807) is 27.4 Å². The lowest BCUT2D eigenvalue weighted by molar-refractivity contribution is -0.117. The third kappa shape index (κ3) is 4.65. The molecule has 126 valence electrons. The Morgan fingerprint density at radius 1 is 1.30 bits per heavy atom. The largest absolute Gasteiger partial charge is 0.493 e. The van der Waals surface area contributed by atoms with Crippen LogP contribution in [0.15, 0.2) is 24.3 Å². The van der Waals surface area contributed by atoms with Crippen LogP contribution < -0.4 is 14.8 Å². The molecule has 0 bridgehead atoms. The Bertz CT molecular complexity index is 568. The molecule has 6 heteroatoms. The summed E-state index contributed by atoms with van der Waals surface area (Å²) in [6.07, 6.45) is 4.24. The van der Waals surface area contributed by atoms with E-state index in [2.05, 4.69) is 5.32 Å². The van der Waals surface area contributed by atoms with Crippen LogP contribution in [0.5, 0.6) is 11.5 Å². The van der Waals surface area contributed by atoms with Crippen LogP contribution in [0.25, 0.3) is 6.08 Å². The Kier molecular flexibility index (Phi) is 6.36. The minimum absolute atomic E-state index is 0.131. The third-order valence-electron chi connectivity index (χ3n) is 3.92. The van der Waals surface area contributed by atoms with Crippen molar-refractivity contribution in [1.82, 2.24) is 5.32 Å². The Morgan fingerprint density at radius 2 is 2.09 bits per heavy atom. The van der Waals surface area contributed by atoms with Crippen molar-refractivity contribution in [2.45, 2.75) is 12.0 Å². The van der Waals surface area contributed by atoms with Crippen molar-refractivity contribution in [2.75, 3.05) is 39.4 Å². The van der Waals surface area contributed by atoms with Gasteiger partial charge < -0.3 is 19.5 Å². The number of carbonyl (C=O) groups is 1. The van der Waals surface area contributed by atoms with E-state index in [9.17, 15) is 4.79 Å². The van der Waals surface area contributed by atoms with E-state index in [-0.39, 0.29) is 11.5 Å². The molecule has 5 nitrogen and oxygen atoms in total. The molecule has 1 fully saturated rings. The molecule has 0 radical (unpaired) electrons. The predicted molar refractivity (Wildman–Crippen MR) is 93.3 cm³/mol. The van der Waals surface area contributed by atoms with E-state index in [1.165, 1.54) is 6.08 Å². The van der Waals surface area contributed by atoms with Crippen molar-refractivity contribution in [2.24, 2.45) is 0 Å². The molecule has 1 saturated heterocycles. The second-order valence-electron chi connectivity index (χ2n) is 5.36. The monoisotopic (exact) mass is 337 g/mol. The summed E-state index contributed by atoms with van der Waals surface area (Å²) < 4.78 is 16.0. The second-order valence-corrected chi connectivity index (χ2v) is 6.46. The Hall–Kier alpha value is -1.66. The highest BCUT2D eigenvalue weighted by molar-refractivity contribution is 7.99. The molecule has 0 aliphatic carbocycles. The van der Waals surface area contributed by atoms with Gasteiger partial charge in [-0.25, -0.2) is 0 Å². The molecule has 23 heavy (non-hydrogen) atoms. The molecule has 1 heterocycles. The molecule has 0 unspecified atom stereocenters. The highest BCUT2D eigenvalue weighted by Gasteiger charge is 2.34. The Morgan fingerprint density at radius 3 is 2.70 bits per heavy atom. The summed E-state index contributed by atoms with van der Waals surface area (Å²) in [6, 6.07) is 5.51. The first kappa shape index (κ1) is 17.7. The zero-order valence-corrected chi connectivity index (χ0v) is 14.6. The fraction of sp³-hybridized carbons (Fsp3) is 0.471. The Labute approximate surface area is 141 Å². The van der Waals surface area contributed by atoms with Gasteiger partial charge in [-0.05, 0) is 35.9 Å². The lowest BCUT2D eigenvalue weighted by Crippen LogP contribution is -2.44. The summed E-state index contributed by atoms with van der Waals surface area (Å²) in [7, 11) is 4.88. The number of amides is 1. The van der Waals surface area contributed by atoms with Gasteiger partial charge in [0, 0.05) is 25.5 Å². The maximum Gasteiger partial charge on any atom is 0.244 e. The van der Waals surface area contributed by atoms with E-state index in [0.717, 1.165) is 23.5 Å². The van der Waals surface area contributed by atoms with Gasteiger partial charge in [-0.2, -0.15) is 11.8 Å². The standard InChI is InChI=1S/C17H23NO4S/c1-20-14-6-4-13(10-15(14)21-2)5-7-16(19)18-11-17(22-3)8-9-23-12-17/h4-7,10H,8-9,11-12H2,1-3H3,(H,18,19)/b7-5+/t17-/m0/s1. The van der Waals surface area contributed by atoms with Crippen LogP contribution in [0.1, 0.15) is 12.0 Å². The SMILES string of the molecule is COc1ccc(/C=C/C(=O)NC[C@@]2(OC)CCSC2)cc1OC. The first-order valence-corrected chi connectivity index (χ1v) is 8.59. The number of benzene rings is 1. The number of thioether (sulfide) groups is 1. The zero-order valence-electron chi connectivity index (χ0n) is 13.8. The van der Waals surface area contributed by atoms with Gasteiger partial charge in [0.25, 0.3) is 0 Å². The van der Waals surface area contributed by atoms with Crippen LogP contribution in [0.4, 0.5) is 0 Å². The number of hydrogen-bond donors (Lipinski definition) is 1. The van der Waals surface area contributed by atoms with Gasteiger partial charge in [-0.15, -0.1) is 0 Å². The van der Waals surface area contributed by atoms with E-state index >= 15 is 0 Å². The molecule has 0 aromatic heterocycles. The van der Waals surface area contributed by atoms with Crippen molar-refractivity contribution < 1.29 is 19.0 Å². The number of methoxy groups -OCH3 is 3. The fourth-order valence-electron chi connectivity index (χ4n) is 2.40. The number of ether oxygens (including phenoxy) is 3. The van der Waals surface area contributed by atoms with Crippen molar-refractivity contribution in [3.05, 3.63) is 29.8 Å². The Balaban J connectivity index is 1.93. The number of rotatable bonds is 7. The number of nitrogens with one attached hydrogen (secondary N) is 1. The van der Waals surface area contributed by atoms with Gasteiger partial charge in [0.05, 0.1) is 19.8 Å². The minimum Gasteiger partial charge on any atom is -0.493 e. The van der Waals surface area contributed by atoms with Crippen molar-refractivity contribution in [1.29, 1.82) is 0 Å². The molecule has 1 aromatic carbocycles. The molecule has 0 saturated carbocycles. The van der Waals surface area contributed by atoms with E-state index in [1.807, 2.05) is 30.0 Å². The van der Waals surface area contributed by atoms with Crippen LogP contribution in [-0.4, -0.2) is 50.9 Å². The number of carbonyl (C=O) groups excluding carboxylic acids is 1. The summed E-state index contributed by atoms with van der Waals surface area (Å²) in [4.78, 5) is 12.0. The molecular formula is C17H23NO4S. The zero-order chi connectivity index (χ0) is 16.7. The van der Waals surface area contributed by atoms with Gasteiger partial charge in [0.2, 0.25) is 5.91 Å². The van der Waals surface area contributed by atoms with E-state index < -0.39 is 0 Å². The quantitative estimate of drug-likeness (QED) is 0.774. The predicted octanol–water partition coefficient (Wildman–Crippen LogP) is 2.36. The summed E-state index contributed by atoms with van der Waals surface area (Å²) >= 11 is 1.85. The van der Waals surface area contributed by atoms with Crippen LogP contribution in [0, 0.1) is 0 Å². The van der Waals surface area contributed by atoms with Crippen LogP contribution >= 0.6 is 11.8 Å². The average Bonchev–Trinajstić information content (AvgIpc) is 3.07. The van der Waals surface area contributed by atoms with E-state index in [0.29, 0.717) is 18.0 Å². The van der Waals surface area contributed by atoms with Crippen LogP contribution in [-0.2, 0) is 9.53 Å². The molecule has 1 aliphatic heterocycles. The maximum atomic E-state index is 12.0. The minimum atomic E-state index is -0.225. The van der Waals surface area contributed by atoms with Gasteiger partial charge in [0.1, 0.15) is 0 Å². The van der Waals surface area contributed by atoms with Gasteiger partial charge in [-0.3, -0.25) is 4.79 Å². The highest BCUT2D eigenvalue weighted by atomic mass is 32.2. The highest BCUT2D eigenvalue weighted by Crippen LogP contribution is 2.30. The first-order valence-electron chi connectivity index (χ1n) is 7.43. The third-order valence-corrected chi connectivity index (χ3v) is 5.14. The molecule has 0 spiro atoms. The molecule has 2 rings (SSSR count). The smallest absolute Gasteiger partial charge is 0.244 e. The fourth-order valence-corrected chi connectivity index (χ4v) is 3.79. The molecule has 1 atom stereocenters. The normalized spacial score (nSPS) is 20.7. The molecule has 1 aromatic rings. The summed E-state index contributed by atoms with van der Waals surface area (Å²) in [5, 5.41) is 2.92. The second kappa shape index (κ2) is 8.26. The van der Waals surface area contributed by atoms with Gasteiger partial charge in [0.15, 0.2) is 11.5 Å². The molecule has 1 N–H and O–H groups in total. The molecule has 1 aliphatic rings. The van der Waals surface area contributed by atoms with Crippen molar-refractivity contribution in [3.8, 4) is 11.5 Å². The van der Waals surface area contributed by atoms with Crippen molar-refractivity contribution in [3.63, 3.8) is 0 Å². The first-order chi connectivity index (χ1) is 11.1. The van der Waals surface area contributed by atoms with E-state index in [4.69, 9.17) is 14.2 Å². The average molecular weight is 337 g/mol.